The summed E-state index contributed by atoms with van der Waals surface area (Å²) < 4.78 is 0. The Bertz CT molecular complexity index is 551. The molecular weight excluding hydrogens is 234 g/mol. The number of rotatable bonds is 5. The summed E-state index contributed by atoms with van der Waals surface area (Å²) in [5.41, 5.74) is 6.92. The summed E-state index contributed by atoms with van der Waals surface area (Å²) in [5.74, 6) is 1.07. The predicted molar refractivity (Wildman–Crippen MR) is 82.4 cm³/mol. The maximum atomic E-state index is 5.81. The highest BCUT2D eigenvalue weighted by Gasteiger charge is 2.16. The first-order valence-corrected chi connectivity index (χ1v) is 7.06. The van der Waals surface area contributed by atoms with E-state index >= 15 is 0 Å². The molecule has 2 aromatic rings. The highest BCUT2D eigenvalue weighted by Crippen LogP contribution is 2.28. The Morgan fingerprint density at radius 3 is 2.47 bits per heavy atom. The third-order valence-corrected chi connectivity index (χ3v) is 3.81. The molecule has 2 rings (SSSR count). The molecule has 1 atom stereocenters. The van der Waals surface area contributed by atoms with Crippen molar-refractivity contribution >= 4 is 16.6 Å². The fourth-order valence-corrected chi connectivity index (χ4v) is 2.52. The first kappa shape index (κ1) is 13.8. The molecular formula is C16H23N3. The number of anilines is 1. The van der Waals surface area contributed by atoms with Crippen LogP contribution in [-0.4, -0.2) is 17.6 Å². The quantitative estimate of drug-likeness (QED) is 0.893. The van der Waals surface area contributed by atoms with Gasteiger partial charge in [-0.1, -0.05) is 31.2 Å². The first-order valence-electron chi connectivity index (χ1n) is 7.06. The smallest absolute Gasteiger partial charge is 0.136 e. The number of pyridine rings is 1. The van der Waals surface area contributed by atoms with Gasteiger partial charge in [0.2, 0.25) is 0 Å². The summed E-state index contributed by atoms with van der Waals surface area (Å²) >= 11 is 0. The standard InChI is InChI=1S/C16H23N3/c1-4-12(3)19(5-2)16-15-9-7-6-8-14(15)13(10-17)11-18-16/h6-9,11-12H,4-5,10,17H2,1-3H3. The molecule has 19 heavy (non-hydrogen) atoms. The zero-order valence-electron chi connectivity index (χ0n) is 12.1. The van der Waals surface area contributed by atoms with Gasteiger partial charge >= 0.3 is 0 Å². The molecule has 1 heterocycles. The molecule has 1 aromatic carbocycles. The van der Waals surface area contributed by atoms with Crippen molar-refractivity contribution in [1.29, 1.82) is 0 Å². The van der Waals surface area contributed by atoms with Crippen LogP contribution in [0.15, 0.2) is 30.5 Å². The van der Waals surface area contributed by atoms with Crippen molar-refractivity contribution in [3.8, 4) is 0 Å². The van der Waals surface area contributed by atoms with E-state index in [1.54, 1.807) is 0 Å². The van der Waals surface area contributed by atoms with Gasteiger partial charge in [0.15, 0.2) is 0 Å². The van der Waals surface area contributed by atoms with Crippen LogP contribution in [0.3, 0.4) is 0 Å². The molecule has 0 amide bonds. The fourth-order valence-electron chi connectivity index (χ4n) is 2.52. The largest absolute Gasteiger partial charge is 0.354 e. The second-order valence-electron chi connectivity index (χ2n) is 4.90. The molecule has 0 spiro atoms. The van der Waals surface area contributed by atoms with Crippen LogP contribution < -0.4 is 10.6 Å². The van der Waals surface area contributed by atoms with E-state index in [0.717, 1.165) is 24.3 Å². The molecule has 102 valence electrons. The van der Waals surface area contributed by atoms with Crippen LogP contribution in [0.5, 0.6) is 0 Å². The number of aromatic nitrogens is 1. The van der Waals surface area contributed by atoms with Crippen molar-refractivity contribution in [3.05, 3.63) is 36.0 Å². The van der Waals surface area contributed by atoms with Crippen LogP contribution >= 0.6 is 0 Å². The molecule has 3 heteroatoms. The van der Waals surface area contributed by atoms with Gasteiger partial charge in [-0.3, -0.25) is 0 Å². The lowest BCUT2D eigenvalue weighted by molar-refractivity contribution is 0.625. The van der Waals surface area contributed by atoms with E-state index < -0.39 is 0 Å². The van der Waals surface area contributed by atoms with Gasteiger partial charge < -0.3 is 10.6 Å². The van der Waals surface area contributed by atoms with Crippen LogP contribution in [0.1, 0.15) is 32.8 Å². The van der Waals surface area contributed by atoms with Gasteiger partial charge in [-0.15, -0.1) is 0 Å². The average molecular weight is 257 g/mol. The Hall–Kier alpha value is -1.61. The minimum Gasteiger partial charge on any atom is -0.354 e. The Balaban J connectivity index is 2.61. The van der Waals surface area contributed by atoms with E-state index in [1.165, 1.54) is 10.8 Å². The van der Waals surface area contributed by atoms with Gasteiger partial charge in [0.05, 0.1) is 0 Å². The van der Waals surface area contributed by atoms with Gasteiger partial charge in [-0.05, 0) is 31.2 Å². The van der Waals surface area contributed by atoms with Crippen LogP contribution in [0.25, 0.3) is 10.8 Å². The Labute approximate surface area is 115 Å². The number of hydrogen-bond acceptors (Lipinski definition) is 3. The summed E-state index contributed by atoms with van der Waals surface area (Å²) in [7, 11) is 0. The maximum Gasteiger partial charge on any atom is 0.136 e. The molecule has 0 aliphatic rings. The van der Waals surface area contributed by atoms with Gasteiger partial charge in [0.25, 0.3) is 0 Å². The minimum atomic E-state index is 0.490. The number of benzene rings is 1. The van der Waals surface area contributed by atoms with Crippen molar-refractivity contribution < 1.29 is 0 Å². The van der Waals surface area contributed by atoms with Crippen molar-refractivity contribution in [1.82, 2.24) is 4.98 Å². The van der Waals surface area contributed by atoms with Gasteiger partial charge in [0, 0.05) is 30.7 Å². The number of fused-ring (bicyclic) bond motifs is 1. The van der Waals surface area contributed by atoms with Gasteiger partial charge in [-0.25, -0.2) is 4.98 Å². The molecule has 0 aliphatic heterocycles. The topological polar surface area (TPSA) is 42.2 Å². The second-order valence-corrected chi connectivity index (χ2v) is 4.90. The molecule has 3 nitrogen and oxygen atoms in total. The van der Waals surface area contributed by atoms with Crippen LogP contribution in [0, 0.1) is 0 Å². The summed E-state index contributed by atoms with van der Waals surface area (Å²) in [6.45, 7) is 8.14. The van der Waals surface area contributed by atoms with Gasteiger partial charge in [-0.2, -0.15) is 0 Å². The van der Waals surface area contributed by atoms with E-state index in [1.807, 2.05) is 6.20 Å². The summed E-state index contributed by atoms with van der Waals surface area (Å²) in [4.78, 5) is 7.03. The van der Waals surface area contributed by atoms with Crippen molar-refractivity contribution in [2.24, 2.45) is 5.73 Å². The lowest BCUT2D eigenvalue weighted by Crippen LogP contribution is -2.33. The van der Waals surface area contributed by atoms with E-state index in [4.69, 9.17) is 5.73 Å². The van der Waals surface area contributed by atoms with Crippen LogP contribution in [0.4, 0.5) is 5.82 Å². The van der Waals surface area contributed by atoms with E-state index in [9.17, 15) is 0 Å². The molecule has 0 bridgehead atoms. The number of hydrogen-bond donors (Lipinski definition) is 1. The molecule has 0 saturated carbocycles. The van der Waals surface area contributed by atoms with E-state index in [2.05, 4.69) is 54.9 Å². The second kappa shape index (κ2) is 6.02. The normalized spacial score (nSPS) is 12.6. The lowest BCUT2D eigenvalue weighted by Gasteiger charge is -2.29. The van der Waals surface area contributed by atoms with Crippen molar-refractivity contribution in [2.75, 3.05) is 11.4 Å². The minimum absolute atomic E-state index is 0.490. The zero-order chi connectivity index (χ0) is 13.8. The third-order valence-electron chi connectivity index (χ3n) is 3.81. The monoisotopic (exact) mass is 257 g/mol. The maximum absolute atomic E-state index is 5.81. The van der Waals surface area contributed by atoms with Gasteiger partial charge in [0.1, 0.15) is 5.82 Å². The summed E-state index contributed by atoms with van der Waals surface area (Å²) in [5, 5.41) is 2.42. The average Bonchev–Trinajstić information content (AvgIpc) is 2.47. The Kier molecular flexibility index (Phi) is 4.38. The zero-order valence-corrected chi connectivity index (χ0v) is 12.1. The van der Waals surface area contributed by atoms with Crippen molar-refractivity contribution in [2.45, 2.75) is 39.8 Å². The molecule has 1 unspecified atom stereocenters. The molecule has 0 fully saturated rings. The summed E-state index contributed by atoms with van der Waals surface area (Å²) in [6, 6.07) is 8.89. The SMILES string of the molecule is CCC(C)N(CC)c1ncc(CN)c2ccccc12. The molecule has 0 radical (unpaired) electrons. The molecule has 2 N–H and O–H groups in total. The van der Waals surface area contributed by atoms with E-state index in [0.29, 0.717) is 12.6 Å². The number of nitrogens with two attached hydrogens (primary N) is 1. The number of nitrogens with zero attached hydrogens (tertiary/aromatic N) is 2. The van der Waals surface area contributed by atoms with Crippen LogP contribution in [-0.2, 0) is 6.54 Å². The Morgan fingerprint density at radius 2 is 1.89 bits per heavy atom. The molecule has 0 aliphatic carbocycles. The van der Waals surface area contributed by atoms with Crippen LogP contribution in [0.2, 0.25) is 0 Å². The molecule has 1 aromatic heterocycles. The molecule has 0 saturated heterocycles. The third kappa shape index (κ3) is 2.56. The predicted octanol–water partition coefficient (Wildman–Crippen LogP) is 3.32. The van der Waals surface area contributed by atoms with Crippen molar-refractivity contribution in [3.63, 3.8) is 0 Å². The Morgan fingerprint density at radius 1 is 1.21 bits per heavy atom. The first-order chi connectivity index (χ1) is 9.22. The lowest BCUT2D eigenvalue weighted by atomic mass is 10.1. The fraction of sp³-hybridized carbons (Fsp3) is 0.438. The highest BCUT2D eigenvalue weighted by molar-refractivity contribution is 5.94. The highest BCUT2D eigenvalue weighted by atomic mass is 15.2. The summed E-state index contributed by atoms with van der Waals surface area (Å²) in [6.07, 6.45) is 3.03. The van der Waals surface area contributed by atoms with E-state index in [-0.39, 0.29) is 0 Å².